The fraction of sp³-hybridized carbons (Fsp3) is 0.143. The van der Waals surface area contributed by atoms with E-state index in [1.165, 1.54) is 18.4 Å². The summed E-state index contributed by atoms with van der Waals surface area (Å²) in [5.74, 6) is -1.05. The minimum atomic E-state index is -1.05. The molecule has 11 heavy (non-hydrogen) atoms. The summed E-state index contributed by atoms with van der Waals surface area (Å²) in [5, 5.41) is 8.30. The monoisotopic (exact) mass is 153 g/mol. The lowest BCUT2D eigenvalue weighted by Crippen LogP contribution is -1.96. The van der Waals surface area contributed by atoms with Crippen molar-refractivity contribution >= 4 is 12.0 Å². The summed E-state index contributed by atoms with van der Waals surface area (Å²) in [6.07, 6.45) is 4.06. The molecule has 0 fully saturated rings. The van der Waals surface area contributed by atoms with Crippen LogP contribution in [0.25, 0.3) is 0 Å². The molecule has 0 atom stereocenters. The van der Waals surface area contributed by atoms with Gasteiger partial charge in [-0.3, -0.25) is 0 Å². The van der Waals surface area contributed by atoms with E-state index in [1.54, 1.807) is 0 Å². The molecule has 0 aromatic rings. The Balaban J connectivity index is 3.79. The Morgan fingerprint density at radius 2 is 2.36 bits per heavy atom. The molecule has 0 rings (SSSR count). The second-order valence-corrected chi connectivity index (χ2v) is 1.72. The maximum Gasteiger partial charge on any atom is 0.331 e. The van der Waals surface area contributed by atoms with Gasteiger partial charge in [-0.25, -0.2) is 9.59 Å². The van der Waals surface area contributed by atoms with Crippen LogP contribution in [-0.4, -0.2) is 17.2 Å². The highest BCUT2D eigenvalue weighted by molar-refractivity contribution is 5.85. The maximum atomic E-state index is 10.1. The Bertz CT molecular complexity index is 236. The molecule has 58 valence electrons. The number of hydrogen-bond acceptors (Lipinski definition) is 3. The predicted octanol–water partition coefficient (Wildman–Crippen LogP) is 0.867. The van der Waals surface area contributed by atoms with E-state index >= 15 is 0 Å². The van der Waals surface area contributed by atoms with Crippen molar-refractivity contribution in [3.05, 3.63) is 24.4 Å². The third kappa shape index (κ3) is 4.81. The third-order valence-electron chi connectivity index (χ3n) is 0.899. The lowest BCUT2D eigenvalue weighted by molar-refractivity contribution is -0.132. The molecule has 0 aromatic carbocycles. The zero-order chi connectivity index (χ0) is 8.69. The zero-order valence-electron chi connectivity index (χ0n) is 5.78. The number of allylic oxidation sites excluding steroid dienone is 1. The summed E-state index contributed by atoms with van der Waals surface area (Å²) >= 11 is 0. The Hall–Kier alpha value is -1.67. The SMILES string of the molecule is C=C(CC=CN=C=O)C(=O)O. The lowest BCUT2D eigenvalue weighted by atomic mass is 10.2. The average molecular weight is 153 g/mol. The number of aliphatic carboxylic acids is 1. The number of carboxylic acid groups (broad SMARTS) is 1. The van der Waals surface area contributed by atoms with Gasteiger partial charge < -0.3 is 5.11 Å². The molecular weight excluding hydrogens is 146 g/mol. The number of hydrogen-bond donors (Lipinski definition) is 1. The van der Waals surface area contributed by atoms with Crippen molar-refractivity contribution in [3.63, 3.8) is 0 Å². The molecule has 0 aliphatic heterocycles. The van der Waals surface area contributed by atoms with E-state index in [4.69, 9.17) is 5.11 Å². The number of rotatable bonds is 4. The molecule has 0 saturated carbocycles. The van der Waals surface area contributed by atoms with Crippen LogP contribution in [0, 0.1) is 0 Å². The van der Waals surface area contributed by atoms with E-state index in [9.17, 15) is 9.59 Å². The van der Waals surface area contributed by atoms with Gasteiger partial charge in [0.05, 0.1) is 0 Å². The van der Waals surface area contributed by atoms with Crippen LogP contribution < -0.4 is 0 Å². The molecule has 0 radical (unpaired) electrons. The Kier molecular flexibility index (Phi) is 4.36. The Labute approximate surface area is 63.6 Å². The molecule has 0 aromatic heterocycles. The number of nitrogens with zero attached hydrogens (tertiary/aromatic N) is 1. The van der Waals surface area contributed by atoms with Gasteiger partial charge in [-0.15, -0.1) is 0 Å². The van der Waals surface area contributed by atoms with Crippen molar-refractivity contribution in [1.29, 1.82) is 0 Å². The van der Waals surface area contributed by atoms with E-state index in [1.807, 2.05) is 0 Å². The number of carbonyl (C=O) groups excluding carboxylic acids is 1. The first kappa shape index (κ1) is 9.33. The maximum absolute atomic E-state index is 10.1. The average Bonchev–Trinajstić information content (AvgIpc) is 1.97. The van der Waals surface area contributed by atoms with Crippen molar-refractivity contribution in [2.24, 2.45) is 4.99 Å². The van der Waals surface area contributed by atoms with Crippen LogP contribution >= 0.6 is 0 Å². The van der Waals surface area contributed by atoms with Crippen LogP contribution in [0.15, 0.2) is 29.4 Å². The predicted molar refractivity (Wildman–Crippen MR) is 38.7 cm³/mol. The van der Waals surface area contributed by atoms with E-state index in [0.717, 1.165) is 0 Å². The van der Waals surface area contributed by atoms with Gasteiger partial charge in [-0.05, 0) is 6.42 Å². The van der Waals surface area contributed by atoms with Crippen LogP contribution in [-0.2, 0) is 9.59 Å². The minimum absolute atomic E-state index is 0.0577. The van der Waals surface area contributed by atoms with Crippen molar-refractivity contribution in [2.75, 3.05) is 0 Å². The first-order valence-corrected chi connectivity index (χ1v) is 2.81. The highest BCUT2D eigenvalue weighted by Crippen LogP contribution is 1.98. The van der Waals surface area contributed by atoms with Crippen LogP contribution in [0.2, 0.25) is 0 Å². The molecule has 0 aliphatic rings. The fourth-order valence-corrected chi connectivity index (χ4v) is 0.365. The third-order valence-corrected chi connectivity index (χ3v) is 0.899. The van der Waals surface area contributed by atoms with Crippen LogP contribution in [0.4, 0.5) is 0 Å². The van der Waals surface area contributed by atoms with Gasteiger partial charge in [0.1, 0.15) is 0 Å². The molecule has 0 bridgehead atoms. The molecule has 0 spiro atoms. The van der Waals surface area contributed by atoms with Crippen molar-refractivity contribution in [1.82, 2.24) is 0 Å². The van der Waals surface area contributed by atoms with Gasteiger partial charge in [0.15, 0.2) is 0 Å². The topological polar surface area (TPSA) is 66.7 Å². The Morgan fingerprint density at radius 1 is 1.73 bits per heavy atom. The molecule has 4 heteroatoms. The first-order chi connectivity index (χ1) is 5.18. The molecule has 4 nitrogen and oxygen atoms in total. The summed E-state index contributed by atoms with van der Waals surface area (Å²) in [6.45, 7) is 3.26. The van der Waals surface area contributed by atoms with Gasteiger partial charge in [0.25, 0.3) is 0 Å². The van der Waals surface area contributed by atoms with Gasteiger partial charge in [0, 0.05) is 11.8 Å². The smallest absolute Gasteiger partial charge is 0.331 e. The lowest BCUT2D eigenvalue weighted by Gasteiger charge is -1.90. The summed E-state index contributed by atoms with van der Waals surface area (Å²) in [4.78, 5) is 22.7. The molecule has 0 aliphatic carbocycles. The molecular formula is C7H7NO3. The largest absolute Gasteiger partial charge is 0.478 e. The first-order valence-electron chi connectivity index (χ1n) is 2.81. The molecule has 0 unspecified atom stereocenters. The number of carboxylic acids is 1. The quantitative estimate of drug-likeness (QED) is 0.370. The van der Waals surface area contributed by atoms with Gasteiger partial charge in [-0.1, -0.05) is 12.7 Å². The van der Waals surface area contributed by atoms with Crippen molar-refractivity contribution < 1.29 is 14.7 Å². The number of carbonyl (C=O) groups is 1. The Morgan fingerprint density at radius 3 is 2.82 bits per heavy atom. The number of isocyanates is 1. The summed E-state index contributed by atoms with van der Waals surface area (Å²) in [5.41, 5.74) is 0.0577. The second-order valence-electron chi connectivity index (χ2n) is 1.72. The van der Waals surface area contributed by atoms with Crippen LogP contribution in [0.5, 0.6) is 0 Å². The van der Waals surface area contributed by atoms with Crippen molar-refractivity contribution in [2.45, 2.75) is 6.42 Å². The van der Waals surface area contributed by atoms with E-state index < -0.39 is 5.97 Å². The highest BCUT2D eigenvalue weighted by Gasteiger charge is 1.98. The standard InChI is InChI=1S/C7H7NO3/c1-6(7(10)11)3-2-4-8-5-9/h2,4H,1,3H2,(H,10,11). The van der Waals surface area contributed by atoms with Gasteiger partial charge in [0.2, 0.25) is 6.08 Å². The van der Waals surface area contributed by atoms with Gasteiger partial charge in [-0.2, -0.15) is 4.99 Å². The molecule has 0 saturated heterocycles. The normalized spacial score (nSPS) is 9.09. The summed E-state index contributed by atoms with van der Waals surface area (Å²) in [7, 11) is 0. The minimum Gasteiger partial charge on any atom is -0.478 e. The molecule has 0 amide bonds. The van der Waals surface area contributed by atoms with Crippen LogP contribution in [0.3, 0.4) is 0 Å². The summed E-state index contributed by atoms with van der Waals surface area (Å²) < 4.78 is 0. The zero-order valence-corrected chi connectivity index (χ0v) is 5.78. The van der Waals surface area contributed by atoms with Crippen molar-refractivity contribution in [3.8, 4) is 0 Å². The number of aliphatic imine (C=N–C) groups is 1. The highest BCUT2D eigenvalue weighted by atomic mass is 16.4. The van der Waals surface area contributed by atoms with E-state index in [0.29, 0.717) is 0 Å². The van der Waals surface area contributed by atoms with Crippen LogP contribution in [0.1, 0.15) is 6.42 Å². The molecule has 0 heterocycles. The van der Waals surface area contributed by atoms with E-state index in [-0.39, 0.29) is 12.0 Å². The molecule has 1 N–H and O–H groups in total. The summed E-state index contributed by atoms with van der Waals surface area (Å²) in [6, 6.07) is 0. The fourth-order valence-electron chi connectivity index (χ4n) is 0.365. The van der Waals surface area contributed by atoms with Gasteiger partial charge >= 0.3 is 5.97 Å². The van der Waals surface area contributed by atoms with E-state index in [2.05, 4.69) is 11.6 Å². The second kappa shape index (κ2) is 5.14.